The van der Waals surface area contributed by atoms with Crippen LogP contribution in [0.4, 0.5) is 0 Å². The van der Waals surface area contributed by atoms with E-state index in [1.807, 2.05) is 12.3 Å². The quantitative estimate of drug-likeness (QED) is 0.291. The Morgan fingerprint density at radius 1 is 1.68 bits per heavy atom. The summed E-state index contributed by atoms with van der Waals surface area (Å²) in [4.78, 5) is 22.5. The number of nitrogens with one attached hydrogen (secondary N) is 2. The number of thioether (sulfide) groups is 1. The molecule has 9 nitrogen and oxygen atoms in total. The van der Waals surface area contributed by atoms with Crippen LogP contribution in [0.3, 0.4) is 0 Å². The number of nitrogens with zero attached hydrogens (tertiary/aromatic N) is 3. The minimum absolute atomic E-state index is 0.105. The Bertz CT molecular complexity index is 630. The Labute approximate surface area is 111 Å². The van der Waals surface area contributed by atoms with Gasteiger partial charge in [-0.3, -0.25) is 14.8 Å². The molecule has 0 unspecified atom stereocenters. The molecule has 0 aliphatic carbocycles. The van der Waals surface area contributed by atoms with E-state index in [1.54, 1.807) is 0 Å². The first-order valence-corrected chi connectivity index (χ1v) is 6.38. The molecule has 0 radical (unpaired) electrons. The maximum atomic E-state index is 11.3. The van der Waals surface area contributed by atoms with Gasteiger partial charge in [-0.15, -0.1) is 5.10 Å². The standard InChI is InChI=1S/C9H12N6O3S/c1-2-15-8(17)12-13-9(15)19-4-5-3-6(14-18-5)7(16)11-10/h3H,2,4,10H2,1H3,(H,11,16)(H,12,17). The molecule has 0 saturated heterocycles. The molecule has 0 atom stereocenters. The van der Waals surface area contributed by atoms with Crippen LogP contribution in [0.2, 0.25) is 0 Å². The second-order valence-electron chi connectivity index (χ2n) is 3.50. The van der Waals surface area contributed by atoms with Crippen molar-refractivity contribution < 1.29 is 9.32 Å². The first-order valence-electron chi connectivity index (χ1n) is 5.40. The second kappa shape index (κ2) is 5.71. The first-order chi connectivity index (χ1) is 9.15. The summed E-state index contributed by atoms with van der Waals surface area (Å²) in [7, 11) is 0. The predicted molar refractivity (Wildman–Crippen MR) is 66.2 cm³/mol. The fourth-order valence-corrected chi connectivity index (χ4v) is 2.28. The van der Waals surface area contributed by atoms with Gasteiger partial charge in [-0.05, 0) is 6.92 Å². The molecule has 102 valence electrons. The zero-order chi connectivity index (χ0) is 13.8. The summed E-state index contributed by atoms with van der Waals surface area (Å²) in [5, 5.41) is 10.4. The highest BCUT2D eigenvalue weighted by Crippen LogP contribution is 2.19. The second-order valence-corrected chi connectivity index (χ2v) is 4.44. The Morgan fingerprint density at radius 2 is 2.47 bits per heavy atom. The number of aromatic amines is 1. The van der Waals surface area contributed by atoms with Crippen molar-refractivity contribution in [1.29, 1.82) is 0 Å². The van der Waals surface area contributed by atoms with Crippen LogP contribution in [0.5, 0.6) is 0 Å². The molecule has 0 saturated carbocycles. The highest BCUT2D eigenvalue weighted by Gasteiger charge is 2.13. The zero-order valence-corrected chi connectivity index (χ0v) is 10.9. The van der Waals surface area contributed by atoms with Gasteiger partial charge in [0.25, 0.3) is 5.91 Å². The SMILES string of the molecule is CCn1c(SCc2cc(C(=O)NN)no2)n[nH]c1=O. The number of H-pyrrole nitrogens is 1. The largest absolute Gasteiger partial charge is 0.360 e. The minimum Gasteiger partial charge on any atom is -0.360 e. The lowest BCUT2D eigenvalue weighted by Crippen LogP contribution is -2.30. The van der Waals surface area contributed by atoms with E-state index in [1.165, 1.54) is 22.4 Å². The number of nitrogens with two attached hydrogens (primary N) is 1. The molecule has 0 bridgehead atoms. The summed E-state index contributed by atoms with van der Waals surface area (Å²) < 4.78 is 6.47. The summed E-state index contributed by atoms with van der Waals surface area (Å²) in [5.41, 5.74) is 1.81. The van der Waals surface area contributed by atoms with E-state index in [-0.39, 0.29) is 11.4 Å². The van der Waals surface area contributed by atoms with Gasteiger partial charge in [-0.2, -0.15) is 0 Å². The third-order valence-corrected chi connectivity index (χ3v) is 3.30. The number of hydrogen-bond acceptors (Lipinski definition) is 7. The Kier molecular flexibility index (Phi) is 4.02. The lowest BCUT2D eigenvalue weighted by Gasteiger charge is -1.99. The highest BCUT2D eigenvalue weighted by molar-refractivity contribution is 7.98. The molecule has 0 aliphatic rings. The molecule has 10 heteroatoms. The maximum Gasteiger partial charge on any atom is 0.343 e. The summed E-state index contributed by atoms with van der Waals surface area (Å²) in [6.45, 7) is 2.37. The molecule has 2 rings (SSSR count). The van der Waals surface area contributed by atoms with Crippen molar-refractivity contribution in [3.8, 4) is 0 Å². The monoisotopic (exact) mass is 284 g/mol. The molecular formula is C9H12N6O3S. The van der Waals surface area contributed by atoms with Gasteiger partial charge in [0.1, 0.15) is 5.76 Å². The Morgan fingerprint density at radius 3 is 3.16 bits per heavy atom. The van der Waals surface area contributed by atoms with E-state index in [9.17, 15) is 9.59 Å². The average Bonchev–Trinajstić information content (AvgIpc) is 3.02. The van der Waals surface area contributed by atoms with Gasteiger partial charge in [0.05, 0.1) is 5.75 Å². The summed E-state index contributed by atoms with van der Waals surface area (Å²) >= 11 is 1.30. The van der Waals surface area contributed by atoms with Gasteiger partial charge in [0.2, 0.25) is 0 Å². The van der Waals surface area contributed by atoms with E-state index >= 15 is 0 Å². The number of hydrogen-bond donors (Lipinski definition) is 3. The van der Waals surface area contributed by atoms with Gasteiger partial charge in [0, 0.05) is 12.6 Å². The van der Waals surface area contributed by atoms with E-state index < -0.39 is 5.91 Å². The molecule has 0 aliphatic heterocycles. The third kappa shape index (κ3) is 2.85. The summed E-state index contributed by atoms with van der Waals surface area (Å²) in [6.07, 6.45) is 0. The molecule has 2 aromatic heterocycles. The van der Waals surface area contributed by atoms with Crippen LogP contribution in [0.1, 0.15) is 23.2 Å². The molecule has 0 aromatic carbocycles. The molecule has 0 spiro atoms. The number of hydrazine groups is 1. The van der Waals surface area contributed by atoms with Crippen LogP contribution in [0, 0.1) is 0 Å². The molecule has 2 aromatic rings. The molecule has 1 amide bonds. The van der Waals surface area contributed by atoms with Crippen molar-refractivity contribution in [2.45, 2.75) is 24.4 Å². The number of rotatable bonds is 5. The first kappa shape index (κ1) is 13.4. The van der Waals surface area contributed by atoms with Crippen LogP contribution >= 0.6 is 11.8 Å². The van der Waals surface area contributed by atoms with E-state index in [2.05, 4.69) is 15.4 Å². The van der Waals surface area contributed by atoms with Gasteiger partial charge in [0.15, 0.2) is 10.9 Å². The number of carbonyl (C=O) groups is 1. The topological polar surface area (TPSA) is 132 Å². The fourth-order valence-electron chi connectivity index (χ4n) is 1.39. The Balaban J connectivity index is 2.04. The van der Waals surface area contributed by atoms with E-state index in [4.69, 9.17) is 10.4 Å². The van der Waals surface area contributed by atoms with Gasteiger partial charge >= 0.3 is 5.69 Å². The zero-order valence-electron chi connectivity index (χ0n) is 10.0. The van der Waals surface area contributed by atoms with Gasteiger partial charge in [-0.25, -0.2) is 15.7 Å². The van der Waals surface area contributed by atoms with Crippen LogP contribution in [0.15, 0.2) is 20.5 Å². The van der Waals surface area contributed by atoms with Crippen LogP contribution < -0.4 is 17.0 Å². The molecule has 2 heterocycles. The minimum atomic E-state index is -0.523. The van der Waals surface area contributed by atoms with Crippen molar-refractivity contribution in [2.24, 2.45) is 5.84 Å². The van der Waals surface area contributed by atoms with Crippen molar-refractivity contribution in [1.82, 2.24) is 25.3 Å². The lowest BCUT2D eigenvalue weighted by molar-refractivity contribution is 0.0944. The van der Waals surface area contributed by atoms with Crippen molar-refractivity contribution in [3.63, 3.8) is 0 Å². The number of amides is 1. The van der Waals surface area contributed by atoms with Crippen LogP contribution in [-0.4, -0.2) is 25.8 Å². The number of aromatic nitrogens is 4. The highest BCUT2D eigenvalue weighted by atomic mass is 32.2. The average molecular weight is 284 g/mol. The van der Waals surface area contributed by atoms with Gasteiger partial charge in [-0.1, -0.05) is 16.9 Å². The van der Waals surface area contributed by atoms with Crippen LogP contribution in [-0.2, 0) is 12.3 Å². The molecular weight excluding hydrogens is 272 g/mol. The Hall–Kier alpha value is -2.07. The van der Waals surface area contributed by atoms with Gasteiger partial charge < -0.3 is 4.52 Å². The maximum absolute atomic E-state index is 11.3. The molecule has 4 N–H and O–H groups in total. The normalized spacial score (nSPS) is 10.6. The number of carbonyl (C=O) groups excluding carboxylic acids is 1. The molecule has 0 fully saturated rings. The fraction of sp³-hybridized carbons (Fsp3) is 0.333. The molecule has 19 heavy (non-hydrogen) atoms. The van der Waals surface area contributed by atoms with Crippen LogP contribution in [0.25, 0.3) is 0 Å². The summed E-state index contributed by atoms with van der Waals surface area (Å²) in [5.74, 6) is 5.34. The van der Waals surface area contributed by atoms with Crippen molar-refractivity contribution >= 4 is 17.7 Å². The van der Waals surface area contributed by atoms with Crippen molar-refractivity contribution in [2.75, 3.05) is 0 Å². The lowest BCUT2D eigenvalue weighted by atomic mass is 10.4. The predicted octanol–water partition coefficient (Wildman–Crippen LogP) is -0.525. The third-order valence-electron chi connectivity index (χ3n) is 2.31. The number of nitrogen functional groups attached to an aromatic ring is 1. The smallest absolute Gasteiger partial charge is 0.343 e. The van der Waals surface area contributed by atoms with E-state index in [0.717, 1.165) is 0 Å². The summed E-state index contributed by atoms with van der Waals surface area (Å²) in [6, 6.07) is 1.48. The van der Waals surface area contributed by atoms with E-state index in [0.29, 0.717) is 23.2 Å². The van der Waals surface area contributed by atoms with Crippen molar-refractivity contribution in [3.05, 3.63) is 28.0 Å².